The molecule has 0 aromatic heterocycles. The zero-order valence-corrected chi connectivity index (χ0v) is 13.2. The Bertz CT molecular complexity index is 443. The first-order valence-corrected chi connectivity index (χ1v) is 7.11. The molecular formula is C12H12BrIO3. The Hall–Kier alpha value is -0.430. The van der Waals surface area contributed by atoms with Crippen molar-refractivity contribution >= 4 is 50.3 Å². The predicted octanol–water partition coefficient (Wildman–Crippen LogP) is 3.43. The van der Waals surface area contributed by atoms with Gasteiger partial charge in [0.05, 0.1) is 17.0 Å². The standard InChI is InChI=1S/C12H12BrIO3/c1-3-17-12(16)8-4-5-10(14)9(6-8)11(15)7(2)13/h4-7H,3H2,1-2H3. The van der Waals surface area contributed by atoms with Crippen molar-refractivity contribution in [3.8, 4) is 0 Å². The lowest BCUT2D eigenvalue weighted by molar-refractivity contribution is 0.0526. The van der Waals surface area contributed by atoms with E-state index in [1.165, 1.54) is 0 Å². The fraction of sp³-hybridized carbons (Fsp3) is 0.333. The summed E-state index contributed by atoms with van der Waals surface area (Å²) in [4.78, 5) is 23.2. The molecule has 0 aliphatic rings. The van der Waals surface area contributed by atoms with Gasteiger partial charge in [-0.1, -0.05) is 15.9 Å². The Kier molecular flexibility index (Phi) is 5.58. The first-order valence-electron chi connectivity index (χ1n) is 5.12. The van der Waals surface area contributed by atoms with Gasteiger partial charge in [0, 0.05) is 9.13 Å². The molecule has 0 saturated carbocycles. The molecular weight excluding hydrogens is 399 g/mol. The first kappa shape index (κ1) is 14.6. The molecule has 1 unspecified atom stereocenters. The van der Waals surface area contributed by atoms with E-state index < -0.39 is 5.97 Å². The first-order chi connectivity index (χ1) is 7.97. The van der Waals surface area contributed by atoms with Crippen molar-refractivity contribution in [3.05, 3.63) is 32.9 Å². The monoisotopic (exact) mass is 410 g/mol. The SMILES string of the molecule is CCOC(=O)c1ccc(I)c(C(=O)C(C)Br)c1. The second-order valence-corrected chi connectivity index (χ2v) is 5.93. The summed E-state index contributed by atoms with van der Waals surface area (Å²) >= 11 is 5.31. The zero-order chi connectivity index (χ0) is 13.0. The zero-order valence-electron chi connectivity index (χ0n) is 9.50. The fourth-order valence-corrected chi connectivity index (χ4v) is 2.12. The van der Waals surface area contributed by atoms with Crippen molar-refractivity contribution in [2.75, 3.05) is 6.61 Å². The summed E-state index contributed by atoms with van der Waals surface area (Å²) in [5, 5.41) is 0. The number of ketones is 1. The van der Waals surface area contributed by atoms with Crippen LogP contribution in [-0.4, -0.2) is 23.2 Å². The van der Waals surface area contributed by atoms with E-state index >= 15 is 0 Å². The molecule has 0 aliphatic carbocycles. The third kappa shape index (κ3) is 3.77. The van der Waals surface area contributed by atoms with Gasteiger partial charge in [-0.2, -0.15) is 0 Å². The van der Waals surface area contributed by atoms with Gasteiger partial charge < -0.3 is 4.74 Å². The molecule has 0 fully saturated rings. The van der Waals surface area contributed by atoms with Gasteiger partial charge in [-0.05, 0) is 54.6 Å². The third-order valence-electron chi connectivity index (χ3n) is 2.10. The summed E-state index contributed by atoms with van der Waals surface area (Å²) in [7, 11) is 0. The van der Waals surface area contributed by atoms with Crippen molar-refractivity contribution in [3.63, 3.8) is 0 Å². The number of hydrogen-bond acceptors (Lipinski definition) is 3. The van der Waals surface area contributed by atoms with Crippen LogP contribution in [0.2, 0.25) is 0 Å². The summed E-state index contributed by atoms with van der Waals surface area (Å²) in [6.45, 7) is 3.83. The highest BCUT2D eigenvalue weighted by Gasteiger charge is 2.17. The van der Waals surface area contributed by atoms with E-state index in [1.54, 1.807) is 32.0 Å². The molecule has 0 amide bonds. The summed E-state index contributed by atoms with van der Waals surface area (Å²) in [6.07, 6.45) is 0. The van der Waals surface area contributed by atoms with Crippen LogP contribution >= 0.6 is 38.5 Å². The third-order valence-corrected chi connectivity index (χ3v) is 3.46. The lowest BCUT2D eigenvalue weighted by Gasteiger charge is -2.08. The quantitative estimate of drug-likeness (QED) is 0.330. The smallest absolute Gasteiger partial charge is 0.338 e. The van der Waals surface area contributed by atoms with Gasteiger partial charge >= 0.3 is 5.97 Å². The molecule has 0 saturated heterocycles. The van der Waals surface area contributed by atoms with Crippen LogP contribution in [-0.2, 0) is 4.74 Å². The Balaban J connectivity index is 3.10. The maximum atomic E-state index is 11.9. The number of benzene rings is 1. The molecule has 5 heteroatoms. The van der Waals surface area contributed by atoms with Crippen molar-refractivity contribution in [1.82, 2.24) is 0 Å². The van der Waals surface area contributed by atoms with E-state index in [9.17, 15) is 9.59 Å². The number of halogens is 2. The van der Waals surface area contributed by atoms with Gasteiger partial charge in [-0.25, -0.2) is 4.79 Å². The van der Waals surface area contributed by atoms with E-state index in [4.69, 9.17) is 4.74 Å². The lowest BCUT2D eigenvalue weighted by Crippen LogP contribution is -2.13. The van der Waals surface area contributed by atoms with Crippen LogP contribution < -0.4 is 0 Å². The highest BCUT2D eigenvalue weighted by Crippen LogP contribution is 2.19. The molecule has 0 heterocycles. The highest BCUT2D eigenvalue weighted by molar-refractivity contribution is 14.1. The molecule has 0 N–H and O–H groups in total. The number of rotatable bonds is 4. The number of carbonyl (C=O) groups excluding carboxylic acids is 2. The summed E-state index contributed by atoms with van der Waals surface area (Å²) < 4.78 is 5.72. The van der Waals surface area contributed by atoms with Crippen molar-refractivity contribution < 1.29 is 14.3 Å². The second kappa shape index (κ2) is 6.49. The van der Waals surface area contributed by atoms with Gasteiger partial charge in [0.1, 0.15) is 0 Å². The fourth-order valence-electron chi connectivity index (χ4n) is 1.27. The lowest BCUT2D eigenvalue weighted by atomic mass is 10.1. The van der Waals surface area contributed by atoms with Crippen LogP contribution in [0.15, 0.2) is 18.2 Å². The van der Waals surface area contributed by atoms with Gasteiger partial charge in [0.2, 0.25) is 0 Å². The average Bonchev–Trinajstić information content (AvgIpc) is 2.28. The number of carbonyl (C=O) groups is 2. The number of Topliss-reactive ketones (excluding diaryl/α,β-unsaturated/α-hetero) is 1. The highest BCUT2D eigenvalue weighted by atomic mass is 127. The van der Waals surface area contributed by atoms with Gasteiger partial charge in [0.15, 0.2) is 5.78 Å². The summed E-state index contributed by atoms with van der Waals surface area (Å²) in [6, 6.07) is 4.99. The van der Waals surface area contributed by atoms with Gasteiger partial charge in [-0.15, -0.1) is 0 Å². The Morgan fingerprint density at radius 3 is 2.65 bits per heavy atom. The second-order valence-electron chi connectivity index (χ2n) is 3.40. The van der Waals surface area contributed by atoms with Crippen molar-refractivity contribution in [2.45, 2.75) is 18.7 Å². The van der Waals surface area contributed by atoms with E-state index in [0.29, 0.717) is 17.7 Å². The van der Waals surface area contributed by atoms with E-state index in [0.717, 1.165) is 3.57 Å². The number of ether oxygens (including phenoxy) is 1. The maximum Gasteiger partial charge on any atom is 0.338 e. The minimum atomic E-state index is -0.403. The number of alkyl halides is 1. The van der Waals surface area contributed by atoms with Crippen LogP contribution in [0.3, 0.4) is 0 Å². The molecule has 0 radical (unpaired) electrons. The maximum absolute atomic E-state index is 11.9. The van der Waals surface area contributed by atoms with Crippen LogP contribution in [0.5, 0.6) is 0 Å². The molecule has 1 aromatic rings. The average molecular weight is 411 g/mol. The van der Waals surface area contributed by atoms with Crippen LogP contribution in [0, 0.1) is 3.57 Å². The van der Waals surface area contributed by atoms with E-state index in [2.05, 4.69) is 38.5 Å². The van der Waals surface area contributed by atoms with Crippen molar-refractivity contribution in [2.24, 2.45) is 0 Å². The van der Waals surface area contributed by atoms with Crippen molar-refractivity contribution in [1.29, 1.82) is 0 Å². The number of esters is 1. The van der Waals surface area contributed by atoms with Crippen LogP contribution in [0.25, 0.3) is 0 Å². The molecule has 1 aromatic carbocycles. The molecule has 3 nitrogen and oxygen atoms in total. The minimum absolute atomic E-state index is 0.0412. The molecule has 0 bridgehead atoms. The van der Waals surface area contributed by atoms with E-state index in [1.807, 2.05) is 0 Å². The predicted molar refractivity (Wildman–Crippen MR) is 77.8 cm³/mol. The molecule has 0 aliphatic heterocycles. The topological polar surface area (TPSA) is 43.4 Å². The van der Waals surface area contributed by atoms with Gasteiger partial charge in [0.25, 0.3) is 0 Å². The number of hydrogen-bond donors (Lipinski definition) is 0. The molecule has 17 heavy (non-hydrogen) atoms. The van der Waals surface area contributed by atoms with Crippen LogP contribution in [0.1, 0.15) is 34.6 Å². The normalized spacial score (nSPS) is 12.0. The minimum Gasteiger partial charge on any atom is -0.462 e. The van der Waals surface area contributed by atoms with Crippen LogP contribution in [0.4, 0.5) is 0 Å². The van der Waals surface area contributed by atoms with E-state index in [-0.39, 0.29) is 10.6 Å². The summed E-state index contributed by atoms with van der Waals surface area (Å²) in [5.41, 5.74) is 0.948. The Morgan fingerprint density at radius 2 is 2.12 bits per heavy atom. The largest absolute Gasteiger partial charge is 0.462 e. The Morgan fingerprint density at radius 1 is 1.47 bits per heavy atom. The van der Waals surface area contributed by atoms with Gasteiger partial charge in [-0.3, -0.25) is 4.79 Å². The molecule has 0 spiro atoms. The summed E-state index contributed by atoms with van der Waals surface area (Å²) in [5.74, 6) is -0.444. The molecule has 92 valence electrons. The molecule has 1 atom stereocenters. The molecule has 1 rings (SSSR count). The Labute approximate surface area is 122 Å².